The number of ketones is 1. The van der Waals surface area contributed by atoms with Crippen molar-refractivity contribution in [3.63, 3.8) is 0 Å². The summed E-state index contributed by atoms with van der Waals surface area (Å²) in [4.78, 5) is 17.7. The number of rotatable bonds is 0. The molecule has 9 rings (SSSR count). The highest BCUT2D eigenvalue weighted by Gasteiger charge is 2.82. The van der Waals surface area contributed by atoms with Crippen LogP contribution in [-0.4, -0.2) is 61.4 Å². The summed E-state index contributed by atoms with van der Waals surface area (Å²) in [5, 5.41) is 24.5. The van der Waals surface area contributed by atoms with Crippen molar-refractivity contribution in [3.05, 3.63) is 46.2 Å². The maximum absolute atomic E-state index is 13.8. The molecular weight excluding hydrogens is 554 g/mol. The Morgan fingerprint density at radius 3 is 2.50 bits per heavy atom. The minimum absolute atomic E-state index is 0.0832. The van der Waals surface area contributed by atoms with Gasteiger partial charge in [0, 0.05) is 33.8 Å². The second kappa shape index (κ2) is 7.63. The van der Waals surface area contributed by atoms with Gasteiger partial charge in [-0.2, -0.15) is 0 Å². The lowest BCUT2D eigenvalue weighted by atomic mass is 9.42. The second-order valence-electron chi connectivity index (χ2n) is 17.0. The molecule has 0 amide bonds. The number of Topliss-reactive ketones (excluding diaryl/α,β-unsaturated/α-hetero) is 1. The molecule has 0 radical (unpaired) electrons. The molecule has 3 N–H and O–H groups in total. The number of carbonyl (C=O) groups excluding carboxylic acids is 1. The van der Waals surface area contributed by atoms with Gasteiger partial charge in [-0.15, -0.1) is 0 Å². The first-order chi connectivity index (χ1) is 20.4. The topological polar surface area (TPSA) is 101 Å². The third-order valence-corrected chi connectivity index (χ3v) is 13.6. The third kappa shape index (κ3) is 2.88. The number of benzene rings is 1. The van der Waals surface area contributed by atoms with Crippen LogP contribution in [0.3, 0.4) is 0 Å². The minimum atomic E-state index is -1.91. The van der Waals surface area contributed by atoms with Gasteiger partial charge in [-0.1, -0.05) is 13.8 Å². The van der Waals surface area contributed by atoms with E-state index in [9.17, 15) is 15.0 Å². The van der Waals surface area contributed by atoms with Crippen molar-refractivity contribution >= 4 is 28.3 Å². The average Bonchev–Trinajstić information content (AvgIpc) is 3.64. The molecule has 2 saturated heterocycles. The standard InChI is InChI=1S/C37H45NO6/c1-31(2)17-23-20-16-25-21(13-18(20)14-24(23)32(3,4)43-31)22-15-19-9-12-36-27(29-37(41,44-36)30(40)33(5,6)42-29)26(39)10-11-34(36,7)35(19,8)28(22)38-25/h13-14,16-17,19,27,29-30,38,40-41H,9-12,15H2,1-8H3/t19-,27-,29-,30+,34+,35+,36+,37+/m0/s1. The van der Waals surface area contributed by atoms with Gasteiger partial charge in [0.2, 0.25) is 5.79 Å². The summed E-state index contributed by atoms with van der Waals surface area (Å²) in [6, 6.07) is 4.69. The average molecular weight is 600 g/mol. The van der Waals surface area contributed by atoms with Crippen LogP contribution in [0.15, 0.2) is 23.8 Å². The number of nitrogens with one attached hydrogen (secondary N) is 1. The maximum Gasteiger partial charge on any atom is 0.223 e. The van der Waals surface area contributed by atoms with E-state index in [0.29, 0.717) is 25.2 Å². The Morgan fingerprint density at radius 2 is 1.75 bits per heavy atom. The van der Waals surface area contributed by atoms with Gasteiger partial charge < -0.3 is 29.4 Å². The lowest BCUT2D eigenvalue weighted by Crippen LogP contribution is -2.69. The van der Waals surface area contributed by atoms with Crippen molar-refractivity contribution < 1.29 is 29.2 Å². The summed E-state index contributed by atoms with van der Waals surface area (Å²) in [6.45, 7) is 16.7. The normalized spacial score (nSPS) is 45.1. The second-order valence-corrected chi connectivity index (χ2v) is 17.0. The van der Waals surface area contributed by atoms with Crippen LogP contribution in [0, 0.1) is 17.3 Å². The van der Waals surface area contributed by atoms with E-state index in [0.717, 1.165) is 18.4 Å². The van der Waals surface area contributed by atoms with Gasteiger partial charge in [0.05, 0.1) is 28.3 Å². The van der Waals surface area contributed by atoms with Crippen LogP contribution in [0.1, 0.15) is 103 Å². The van der Waals surface area contributed by atoms with Gasteiger partial charge >= 0.3 is 0 Å². The fourth-order valence-corrected chi connectivity index (χ4v) is 11.6. The van der Waals surface area contributed by atoms with Crippen molar-refractivity contribution in [3.8, 4) is 0 Å². The molecule has 1 aromatic heterocycles. The number of carbonyl (C=O) groups is 1. The van der Waals surface area contributed by atoms with Gasteiger partial charge in [0.25, 0.3) is 0 Å². The number of hydrogen-bond donors (Lipinski definition) is 3. The molecule has 0 bridgehead atoms. The summed E-state index contributed by atoms with van der Waals surface area (Å²) in [5.41, 5.74) is 5.29. The largest absolute Gasteiger partial charge is 0.384 e. The van der Waals surface area contributed by atoms with E-state index in [2.05, 4.69) is 70.8 Å². The van der Waals surface area contributed by atoms with E-state index in [1.54, 1.807) is 13.8 Å². The number of hydrogen-bond acceptors (Lipinski definition) is 6. The number of aliphatic hydroxyl groups is 2. The Bertz CT molecular complexity index is 1780. The number of fused-ring (bicyclic) bond motifs is 11. The first-order valence-electron chi connectivity index (χ1n) is 16.5. The fraction of sp³-hybridized carbons (Fsp3) is 0.649. The summed E-state index contributed by atoms with van der Waals surface area (Å²) in [7, 11) is 0. The highest BCUT2D eigenvalue weighted by atomic mass is 16.7. The quantitative estimate of drug-likeness (QED) is 0.357. The molecule has 7 aliphatic rings. The van der Waals surface area contributed by atoms with Crippen LogP contribution in [-0.2, 0) is 30.8 Å². The Kier molecular flexibility index (Phi) is 4.85. The Morgan fingerprint density at radius 1 is 1.00 bits per heavy atom. The molecule has 0 unspecified atom stereocenters. The molecule has 44 heavy (non-hydrogen) atoms. The Balaban J connectivity index is 1.20. The zero-order chi connectivity index (χ0) is 31.2. The number of aliphatic hydroxyl groups excluding tert-OH is 1. The van der Waals surface area contributed by atoms with Gasteiger partial charge in [-0.25, -0.2) is 0 Å². The van der Waals surface area contributed by atoms with E-state index in [1.807, 2.05) is 0 Å². The first kappa shape index (κ1) is 28.0. The van der Waals surface area contributed by atoms with Gasteiger partial charge in [0.15, 0.2) is 0 Å². The van der Waals surface area contributed by atoms with E-state index < -0.39 is 40.5 Å². The minimum Gasteiger partial charge on any atom is -0.384 e. The molecule has 234 valence electrons. The molecule has 3 aliphatic heterocycles. The summed E-state index contributed by atoms with van der Waals surface area (Å²) in [5.74, 6) is -2.07. The number of aromatic nitrogens is 1. The van der Waals surface area contributed by atoms with Crippen LogP contribution in [0.5, 0.6) is 0 Å². The zero-order valence-corrected chi connectivity index (χ0v) is 27.2. The summed E-state index contributed by atoms with van der Waals surface area (Å²) >= 11 is 0. The van der Waals surface area contributed by atoms with Crippen molar-refractivity contribution in [2.45, 2.75) is 133 Å². The Hall–Kier alpha value is -2.29. The van der Waals surface area contributed by atoms with Crippen LogP contribution < -0.4 is 0 Å². The number of aromatic amines is 1. The highest BCUT2D eigenvalue weighted by molar-refractivity contribution is 6.02. The van der Waals surface area contributed by atoms with E-state index in [-0.39, 0.29) is 22.4 Å². The Labute approximate surface area is 259 Å². The molecule has 7 nitrogen and oxygen atoms in total. The first-order valence-corrected chi connectivity index (χ1v) is 16.5. The number of H-pyrrole nitrogens is 1. The van der Waals surface area contributed by atoms with E-state index in [4.69, 9.17) is 14.2 Å². The van der Waals surface area contributed by atoms with Crippen LogP contribution >= 0.6 is 0 Å². The molecule has 4 aliphatic carbocycles. The van der Waals surface area contributed by atoms with Gasteiger partial charge in [-0.3, -0.25) is 4.79 Å². The van der Waals surface area contributed by atoms with Crippen LogP contribution in [0.4, 0.5) is 0 Å². The van der Waals surface area contributed by atoms with Gasteiger partial charge in [0.1, 0.15) is 18.0 Å². The molecule has 4 heterocycles. The van der Waals surface area contributed by atoms with Crippen LogP contribution in [0.2, 0.25) is 0 Å². The highest BCUT2D eigenvalue weighted by Crippen LogP contribution is 2.73. The molecule has 2 saturated carbocycles. The SMILES string of the molecule is CC1(C)C=C2C(=Cc3cc4c5c([nH]c4cc32)[C@@]2(C)[C@@H](CC[C@@]34O[C@@]6(O)[C@H](O)C(C)(C)O[C@H]6[C@@H]3C(=O)CC[C@]24C)C5)C(C)(C)O1. The van der Waals surface area contributed by atoms with E-state index >= 15 is 0 Å². The summed E-state index contributed by atoms with van der Waals surface area (Å²) < 4.78 is 19.6. The van der Waals surface area contributed by atoms with Crippen molar-refractivity contribution in [2.75, 3.05) is 0 Å². The fourth-order valence-electron chi connectivity index (χ4n) is 11.6. The monoisotopic (exact) mass is 599 g/mol. The predicted molar refractivity (Wildman–Crippen MR) is 167 cm³/mol. The maximum atomic E-state index is 13.8. The molecule has 4 fully saturated rings. The van der Waals surface area contributed by atoms with Gasteiger partial charge in [-0.05, 0) is 125 Å². The molecule has 2 aromatic rings. The lowest BCUT2D eigenvalue weighted by molar-refractivity contribution is -0.310. The summed E-state index contributed by atoms with van der Waals surface area (Å²) in [6.07, 6.45) is 6.05. The predicted octanol–water partition coefficient (Wildman–Crippen LogP) is 5.74. The molecule has 1 aromatic carbocycles. The van der Waals surface area contributed by atoms with E-state index in [1.165, 1.54) is 38.9 Å². The lowest BCUT2D eigenvalue weighted by Gasteiger charge is -2.64. The smallest absolute Gasteiger partial charge is 0.223 e. The number of ether oxygens (including phenoxy) is 3. The van der Waals surface area contributed by atoms with Crippen molar-refractivity contribution in [2.24, 2.45) is 17.3 Å². The van der Waals surface area contributed by atoms with Crippen molar-refractivity contribution in [1.29, 1.82) is 0 Å². The molecule has 8 atom stereocenters. The molecular formula is C37H45NO6. The van der Waals surface area contributed by atoms with Crippen LogP contribution in [0.25, 0.3) is 22.6 Å². The van der Waals surface area contributed by atoms with Crippen molar-refractivity contribution in [1.82, 2.24) is 4.98 Å². The molecule has 1 spiro atoms. The zero-order valence-electron chi connectivity index (χ0n) is 27.2. The third-order valence-electron chi connectivity index (χ3n) is 13.6. The molecule has 7 heteroatoms.